The molecule has 0 atom stereocenters. The Kier molecular flexibility index (Phi) is 6.23. The third-order valence-electron chi connectivity index (χ3n) is 2.83. The Morgan fingerprint density at radius 1 is 1.14 bits per heavy atom. The first-order chi connectivity index (χ1) is 10.0. The predicted molar refractivity (Wildman–Crippen MR) is 94.1 cm³/mol. The molecule has 0 bridgehead atoms. The van der Waals surface area contributed by atoms with Crippen LogP contribution in [-0.2, 0) is 11.9 Å². The van der Waals surface area contributed by atoms with Crippen molar-refractivity contribution in [3.63, 3.8) is 0 Å². The van der Waals surface area contributed by atoms with Crippen LogP contribution >= 0.6 is 55.1 Å². The molecule has 2 aromatic carbocycles. The predicted octanol–water partition coefficient (Wildman–Crippen LogP) is 6.24. The molecule has 0 aliphatic rings. The lowest BCUT2D eigenvalue weighted by Crippen LogP contribution is -2.00. The first-order valence-corrected chi connectivity index (χ1v) is 8.71. The SMILES string of the molecule is COc1cc(CBr)cc(Br)c1OCc1ccc(Cl)cc1Cl. The van der Waals surface area contributed by atoms with Crippen LogP contribution in [0.15, 0.2) is 34.8 Å². The molecule has 0 saturated carbocycles. The molecule has 2 aromatic rings. The average Bonchev–Trinajstić information content (AvgIpc) is 2.46. The zero-order valence-corrected chi connectivity index (χ0v) is 15.8. The van der Waals surface area contributed by atoms with Gasteiger partial charge in [-0.3, -0.25) is 0 Å². The zero-order valence-electron chi connectivity index (χ0n) is 11.1. The molecule has 0 saturated heterocycles. The van der Waals surface area contributed by atoms with E-state index in [0.717, 1.165) is 20.9 Å². The third-order valence-corrected chi connectivity index (χ3v) is 4.65. The van der Waals surface area contributed by atoms with Gasteiger partial charge in [0.25, 0.3) is 0 Å². The van der Waals surface area contributed by atoms with Gasteiger partial charge in [-0.1, -0.05) is 45.2 Å². The van der Waals surface area contributed by atoms with Crippen LogP contribution in [0.4, 0.5) is 0 Å². The molecule has 0 aliphatic heterocycles. The molecule has 0 heterocycles. The minimum absolute atomic E-state index is 0.332. The maximum atomic E-state index is 6.14. The summed E-state index contributed by atoms with van der Waals surface area (Å²) in [5, 5.41) is 1.92. The molecule has 0 unspecified atom stereocenters. The summed E-state index contributed by atoms with van der Waals surface area (Å²) in [5.41, 5.74) is 1.95. The molecule has 2 nitrogen and oxygen atoms in total. The van der Waals surface area contributed by atoms with Crippen molar-refractivity contribution in [1.29, 1.82) is 0 Å². The standard InChI is InChI=1S/C15H12Br2Cl2O2/c1-20-14-5-9(7-16)4-12(17)15(14)21-8-10-2-3-11(18)6-13(10)19/h2-6H,7-8H2,1H3. The van der Waals surface area contributed by atoms with Gasteiger partial charge in [-0.05, 0) is 45.8 Å². The highest BCUT2D eigenvalue weighted by Gasteiger charge is 2.12. The number of alkyl halides is 1. The van der Waals surface area contributed by atoms with Gasteiger partial charge in [0.15, 0.2) is 11.5 Å². The number of rotatable bonds is 5. The van der Waals surface area contributed by atoms with Gasteiger partial charge >= 0.3 is 0 Å². The van der Waals surface area contributed by atoms with Gasteiger partial charge in [-0.2, -0.15) is 0 Å². The molecular weight excluding hydrogens is 443 g/mol. The topological polar surface area (TPSA) is 18.5 Å². The van der Waals surface area contributed by atoms with Crippen LogP contribution in [0.1, 0.15) is 11.1 Å². The molecule has 0 radical (unpaired) electrons. The summed E-state index contributed by atoms with van der Waals surface area (Å²) in [4.78, 5) is 0. The summed E-state index contributed by atoms with van der Waals surface area (Å²) in [6, 6.07) is 9.24. The second-order valence-electron chi connectivity index (χ2n) is 4.27. The number of ether oxygens (including phenoxy) is 2. The van der Waals surface area contributed by atoms with Crippen LogP contribution in [-0.4, -0.2) is 7.11 Å². The van der Waals surface area contributed by atoms with Crippen LogP contribution in [0.2, 0.25) is 10.0 Å². The van der Waals surface area contributed by atoms with Gasteiger partial charge in [0, 0.05) is 20.9 Å². The van der Waals surface area contributed by atoms with E-state index in [-0.39, 0.29) is 0 Å². The van der Waals surface area contributed by atoms with Crippen molar-refractivity contribution >= 4 is 55.1 Å². The molecule has 0 spiro atoms. The fourth-order valence-corrected chi connectivity index (χ4v) is 3.17. The maximum Gasteiger partial charge on any atom is 0.175 e. The van der Waals surface area contributed by atoms with Crippen LogP contribution < -0.4 is 9.47 Å². The molecule has 0 N–H and O–H groups in total. The molecule has 6 heteroatoms. The lowest BCUT2D eigenvalue weighted by Gasteiger charge is -2.14. The highest BCUT2D eigenvalue weighted by Crippen LogP contribution is 2.38. The van der Waals surface area contributed by atoms with Gasteiger partial charge < -0.3 is 9.47 Å². The number of halogens is 4. The molecule has 0 fully saturated rings. The summed E-state index contributed by atoms with van der Waals surface area (Å²) in [5.74, 6) is 1.32. The number of hydrogen-bond acceptors (Lipinski definition) is 2. The van der Waals surface area contributed by atoms with E-state index in [1.165, 1.54) is 0 Å². The van der Waals surface area contributed by atoms with Gasteiger partial charge in [0.1, 0.15) is 6.61 Å². The summed E-state index contributed by atoms with van der Waals surface area (Å²) >= 11 is 19.0. The second-order valence-corrected chi connectivity index (χ2v) is 6.53. The molecule has 0 amide bonds. The van der Waals surface area contributed by atoms with E-state index < -0.39 is 0 Å². The van der Waals surface area contributed by atoms with Gasteiger partial charge in [-0.25, -0.2) is 0 Å². The smallest absolute Gasteiger partial charge is 0.175 e. The van der Waals surface area contributed by atoms with E-state index in [9.17, 15) is 0 Å². The maximum absolute atomic E-state index is 6.14. The quantitative estimate of drug-likeness (QED) is 0.498. The third kappa shape index (κ3) is 4.28. The summed E-state index contributed by atoms with van der Waals surface area (Å²) < 4.78 is 12.1. The molecule has 0 aromatic heterocycles. The van der Waals surface area contributed by atoms with Crippen molar-refractivity contribution in [3.05, 3.63) is 56.0 Å². The number of methoxy groups -OCH3 is 1. The highest BCUT2D eigenvalue weighted by molar-refractivity contribution is 9.10. The Morgan fingerprint density at radius 3 is 2.52 bits per heavy atom. The summed E-state index contributed by atoms with van der Waals surface area (Å²) in [7, 11) is 1.61. The molecule has 2 rings (SSSR count). The minimum atomic E-state index is 0.332. The van der Waals surface area contributed by atoms with Crippen LogP contribution in [0.5, 0.6) is 11.5 Å². The summed E-state index contributed by atoms with van der Waals surface area (Å²) in [6.45, 7) is 0.332. The molecule has 0 aliphatic carbocycles. The first kappa shape index (κ1) is 16.9. The summed E-state index contributed by atoms with van der Waals surface area (Å²) in [6.07, 6.45) is 0. The Labute approximate surface area is 150 Å². The van der Waals surface area contributed by atoms with Crippen LogP contribution in [0.25, 0.3) is 0 Å². The molecular formula is C15H12Br2Cl2O2. The Hall–Kier alpha value is -0.420. The van der Waals surface area contributed by atoms with E-state index in [1.807, 2.05) is 18.2 Å². The lowest BCUT2D eigenvalue weighted by molar-refractivity contribution is 0.282. The average molecular weight is 455 g/mol. The lowest BCUT2D eigenvalue weighted by atomic mass is 10.2. The zero-order chi connectivity index (χ0) is 15.4. The normalized spacial score (nSPS) is 10.5. The highest BCUT2D eigenvalue weighted by atomic mass is 79.9. The van der Waals surface area contributed by atoms with Gasteiger partial charge in [0.2, 0.25) is 0 Å². The van der Waals surface area contributed by atoms with Gasteiger partial charge in [-0.15, -0.1) is 0 Å². The van der Waals surface area contributed by atoms with Gasteiger partial charge in [0.05, 0.1) is 11.6 Å². The van der Waals surface area contributed by atoms with Crippen molar-refractivity contribution in [2.75, 3.05) is 7.11 Å². The minimum Gasteiger partial charge on any atom is -0.493 e. The second kappa shape index (κ2) is 7.73. The van der Waals surface area contributed by atoms with Crippen molar-refractivity contribution in [3.8, 4) is 11.5 Å². The monoisotopic (exact) mass is 452 g/mol. The Morgan fingerprint density at radius 2 is 1.90 bits per heavy atom. The Balaban J connectivity index is 2.23. The molecule has 112 valence electrons. The fourth-order valence-electron chi connectivity index (χ4n) is 1.78. The van der Waals surface area contributed by atoms with Crippen molar-refractivity contribution in [2.24, 2.45) is 0 Å². The van der Waals surface area contributed by atoms with E-state index >= 15 is 0 Å². The number of hydrogen-bond donors (Lipinski definition) is 0. The van der Waals surface area contributed by atoms with E-state index in [4.69, 9.17) is 32.7 Å². The van der Waals surface area contributed by atoms with E-state index in [2.05, 4.69) is 31.9 Å². The largest absolute Gasteiger partial charge is 0.493 e. The van der Waals surface area contributed by atoms with Crippen LogP contribution in [0.3, 0.4) is 0 Å². The fraction of sp³-hybridized carbons (Fsp3) is 0.200. The molecule has 21 heavy (non-hydrogen) atoms. The number of benzene rings is 2. The van der Waals surface area contributed by atoms with E-state index in [1.54, 1.807) is 19.2 Å². The van der Waals surface area contributed by atoms with Crippen molar-refractivity contribution in [2.45, 2.75) is 11.9 Å². The Bertz CT molecular complexity index is 648. The van der Waals surface area contributed by atoms with Crippen molar-refractivity contribution in [1.82, 2.24) is 0 Å². The van der Waals surface area contributed by atoms with E-state index in [0.29, 0.717) is 28.2 Å². The van der Waals surface area contributed by atoms with Crippen molar-refractivity contribution < 1.29 is 9.47 Å². The first-order valence-electron chi connectivity index (χ1n) is 6.04. The van der Waals surface area contributed by atoms with Crippen LogP contribution in [0, 0.1) is 0 Å².